The third-order valence-corrected chi connectivity index (χ3v) is 8.29. The van der Waals surface area contributed by atoms with Crippen molar-refractivity contribution in [3.05, 3.63) is 64.0 Å². The fourth-order valence-corrected chi connectivity index (χ4v) is 5.93. The van der Waals surface area contributed by atoms with Crippen molar-refractivity contribution in [1.29, 1.82) is 0 Å². The Labute approximate surface area is 290 Å². The third kappa shape index (κ3) is 9.70. The number of ether oxygens (including phenoxy) is 3. The fourth-order valence-electron chi connectivity index (χ4n) is 5.93. The van der Waals surface area contributed by atoms with Crippen LogP contribution in [-0.4, -0.2) is 53.4 Å². The van der Waals surface area contributed by atoms with E-state index in [9.17, 15) is 35.9 Å². The third-order valence-electron chi connectivity index (χ3n) is 8.29. The summed E-state index contributed by atoms with van der Waals surface area (Å²) in [7, 11) is 1.43. The summed E-state index contributed by atoms with van der Waals surface area (Å²) in [6.45, 7) is 5.61. The maximum atomic E-state index is 13.7. The Morgan fingerprint density at radius 1 is 0.941 bits per heavy atom. The minimum Gasteiger partial charge on any atom is -0.481 e. The second-order valence-electron chi connectivity index (χ2n) is 11.8. The van der Waals surface area contributed by atoms with Crippen LogP contribution in [0.3, 0.4) is 0 Å². The van der Waals surface area contributed by atoms with Crippen molar-refractivity contribution in [2.24, 2.45) is 0 Å². The molecule has 3 N–H and O–H groups in total. The summed E-state index contributed by atoms with van der Waals surface area (Å²) < 4.78 is 97.9. The molecule has 1 aromatic carbocycles. The predicted octanol–water partition coefficient (Wildman–Crippen LogP) is 7.67. The highest BCUT2D eigenvalue weighted by Crippen LogP contribution is 2.41. The molecule has 0 saturated heterocycles. The maximum absolute atomic E-state index is 13.7. The number of methoxy groups -OCH3 is 1. The first-order chi connectivity index (χ1) is 24.1. The van der Waals surface area contributed by atoms with Crippen LogP contribution in [0.1, 0.15) is 92.6 Å². The number of esters is 1. The number of carbonyl (C=O) groups is 2. The average Bonchev–Trinajstić information content (AvgIpc) is 3.06. The molecular formula is C34H40F6N6O5. The lowest BCUT2D eigenvalue weighted by Gasteiger charge is -2.39. The van der Waals surface area contributed by atoms with Gasteiger partial charge in [0.15, 0.2) is 0 Å². The Hall–Kier alpha value is -4.83. The van der Waals surface area contributed by atoms with Gasteiger partial charge in [-0.3, -0.25) is 9.69 Å². The molecule has 0 aliphatic carbocycles. The monoisotopic (exact) mass is 726 g/mol. The summed E-state index contributed by atoms with van der Waals surface area (Å²) in [5.74, 6) is -0.254. The fraction of sp³-hybridized carbons (Fsp3) is 0.500. The Bertz CT molecular complexity index is 1670. The first-order valence-electron chi connectivity index (χ1n) is 16.5. The van der Waals surface area contributed by atoms with Crippen molar-refractivity contribution in [2.75, 3.05) is 36.3 Å². The van der Waals surface area contributed by atoms with Crippen LogP contribution in [0, 0.1) is 0 Å². The van der Waals surface area contributed by atoms with Crippen LogP contribution in [0.25, 0.3) is 0 Å². The van der Waals surface area contributed by atoms with E-state index >= 15 is 0 Å². The molecule has 2 atom stereocenters. The van der Waals surface area contributed by atoms with Gasteiger partial charge < -0.3 is 25.3 Å². The molecule has 278 valence electrons. The van der Waals surface area contributed by atoms with E-state index in [0.717, 1.165) is 0 Å². The molecule has 1 aliphatic heterocycles. The highest BCUT2D eigenvalue weighted by atomic mass is 19.4. The molecule has 4 rings (SSSR count). The number of pyridine rings is 1. The lowest BCUT2D eigenvalue weighted by molar-refractivity contribution is -0.144. The van der Waals surface area contributed by atoms with Crippen LogP contribution in [0.15, 0.2) is 30.3 Å². The summed E-state index contributed by atoms with van der Waals surface area (Å²) in [6.07, 6.45) is -9.22. The minimum absolute atomic E-state index is 0.0449. The molecule has 0 bridgehead atoms. The van der Waals surface area contributed by atoms with Crippen molar-refractivity contribution < 1.29 is 50.1 Å². The van der Waals surface area contributed by atoms with Gasteiger partial charge in [0.05, 0.1) is 54.6 Å². The zero-order chi connectivity index (χ0) is 37.5. The number of nitrogen functional groups attached to an aromatic ring is 1. The second-order valence-corrected chi connectivity index (χ2v) is 11.8. The van der Waals surface area contributed by atoms with E-state index in [2.05, 4.69) is 20.3 Å². The van der Waals surface area contributed by atoms with E-state index < -0.39 is 48.0 Å². The summed E-state index contributed by atoms with van der Waals surface area (Å²) in [5.41, 5.74) is 4.46. The van der Waals surface area contributed by atoms with Crippen molar-refractivity contribution in [3.63, 3.8) is 0 Å². The standard InChI is InChI=1S/C34H40F6N6O5/c1-5-22-18-25(29-26(12-13-27(44-29)49-4)46(22)32(48)51-7-3)43-31-42-24(23(30(41)45-31)10-8-9-11-28(47)50-6-2)16-19-14-20(33(35,36)37)17-21(15-19)34(38,39)40/h12-15,17,22,25H,5-11,16,18H2,1-4H3,(H3,41,42,43,45)/t22-,25+/m1/s1. The van der Waals surface area contributed by atoms with E-state index in [0.29, 0.717) is 54.8 Å². The number of amides is 1. The van der Waals surface area contributed by atoms with Gasteiger partial charge in [-0.2, -0.15) is 31.3 Å². The van der Waals surface area contributed by atoms with E-state index in [4.69, 9.17) is 19.9 Å². The van der Waals surface area contributed by atoms with Crippen LogP contribution in [0.5, 0.6) is 5.88 Å². The molecule has 0 radical (unpaired) electrons. The quantitative estimate of drug-likeness (QED) is 0.102. The Morgan fingerprint density at radius 3 is 2.20 bits per heavy atom. The molecule has 51 heavy (non-hydrogen) atoms. The van der Waals surface area contributed by atoms with Crippen LogP contribution >= 0.6 is 0 Å². The SMILES string of the molecule is CCOC(=O)CCCCc1c(N)nc(N[C@H]2C[C@@H](CC)N(C(=O)OCC)c3ccc(OC)nc32)nc1Cc1cc(C(F)(F)F)cc(C(F)(F)F)c1. The van der Waals surface area contributed by atoms with Crippen molar-refractivity contribution in [1.82, 2.24) is 15.0 Å². The Morgan fingerprint density at radius 2 is 1.61 bits per heavy atom. The van der Waals surface area contributed by atoms with Crippen LogP contribution < -0.4 is 20.7 Å². The number of aromatic nitrogens is 3. The molecule has 2 aromatic heterocycles. The number of rotatable bonds is 13. The van der Waals surface area contributed by atoms with Gasteiger partial charge in [0.25, 0.3) is 0 Å². The number of alkyl halides is 6. The van der Waals surface area contributed by atoms with E-state index in [-0.39, 0.29) is 67.1 Å². The molecule has 1 aliphatic rings. The molecule has 17 heteroatoms. The van der Waals surface area contributed by atoms with E-state index in [1.165, 1.54) is 12.0 Å². The molecule has 0 unspecified atom stereocenters. The van der Waals surface area contributed by atoms with Gasteiger partial charge in [-0.1, -0.05) is 6.92 Å². The molecule has 0 fully saturated rings. The number of unbranched alkanes of at least 4 members (excludes halogenated alkanes) is 1. The lowest BCUT2D eigenvalue weighted by atomic mass is 9.93. The lowest BCUT2D eigenvalue weighted by Crippen LogP contribution is -2.46. The normalized spacial score (nSPS) is 16.0. The second kappa shape index (κ2) is 16.5. The average molecular weight is 727 g/mol. The molecular weight excluding hydrogens is 686 g/mol. The summed E-state index contributed by atoms with van der Waals surface area (Å²) in [6, 6.07) is 3.63. The Kier molecular flexibility index (Phi) is 12.6. The van der Waals surface area contributed by atoms with Crippen LogP contribution in [0.2, 0.25) is 0 Å². The first-order valence-corrected chi connectivity index (χ1v) is 16.5. The van der Waals surface area contributed by atoms with Crippen molar-refractivity contribution >= 4 is 29.5 Å². The molecule has 0 saturated carbocycles. The zero-order valence-corrected chi connectivity index (χ0v) is 28.6. The molecule has 1 amide bonds. The first kappa shape index (κ1) is 39.0. The maximum Gasteiger partial charge on any atom is 0.416 e. The largest absolute Gasteiger partial charge is 0.481 e. The minimum atomic E-state index is -5.04. The van der Waals surface area contributed by atoms with Crippen molar-refractivity contribution in [2.45, 2.75) is 90.2 Å². The topological polar surface area (TPSA) is 142 Å². The van der Waals surface area contributed by atoms with Crippen LogP contribution in [0.4, 0.5) is 48.6 Å². The number of carbonyl (C=O) groups excluding carboxylic acids is 2. The number of nitrogens with two attached hydrogens (primary N) is 1. The number of anilines is 3. The molecule has 3 heterocycles. The summed E-state index contributed by atoms with van der Waals surface area (Å²) >= 11 is 0. The Balaban J connectivity index is 1.77. The zero-order valence-electron chi connectivity index (χ0n) is 28.6. The summed E-state index contributed by atoms with van der Waals surface area (Å²) in [4.78, 5) is 39.9. The van der Waals surface area contributed by atoms with Gasteiger partial charge in [-0.05, 0) is 75.8 Å². The van der Waals surface area contributed by atoms with Gasteiger partial charge in [-0.25, -0.2) is 14.8 Å². The number of nitrogens with one attached hydrogen (secondary N) is 1. The smallest absolute Gasteiger partial charge is 0.416 e. The number of hydrogen-bond donors (Lipinski definition) is 2. The molecule has 0 spiro atoms. The van der Waals surface area contributed by atoms with Gasteiger partial charge in [0.1, 0.15) is 5.82 Å². The van der Waals surface area contributed by atoms with Crippen molar-refractivity contribution in [3.8, 4) is 5.88 Å². The van der Waals surface area contributed by atoms with E-state index in [1.54, 1.807) is 26.0 Å². The molecule has 11 nitrogen and oxygen atoms in total. The predicted molar refractivity (Wildman–Crippen MR) is 175 cm³/mol. The number of benzene rings is 1. The van der Waals surface area contributed by atoms with Gasteiger partial charge in [0, 0.05) is 30.5 Å². The number of halogens is 6. The van der Waals surface area contributed by atoms with Gasteiger partial charge in [-0.15, -0.1) is 0 Å². The van der Waals surface area contributed by atoms with Gasteiger partial charge in [0.2, 0.25) is 11.8 Å². The number of fused-ring (bicyclic) bond motifs is 1. The highest BCUT2D eigenvalue weighted by Gasteiger charge is 2.39. The summed E-state index contributed by atoms with van der Waals surface area (Å²) in [5, 5.41) is 3.19. The number of nitrogens with zero attached hydrogens (tertiary/aromatic N) is 4. The van der Waals surface area contributed by atoms with Gasteiger partial charge >= 0.3 is 24.4 Å². The molecule has 3 aromatic rings. The van der Waals surface area contributed by atoms with Crippen LogP contribution in [-0.2, 0) is 39.5 Å². The number of hydrogen-bond acceptors (Lipinski definition) is 10. The highest BCUT2D eigenvalue weighted by molar-refractivity contribution is 5.90. The van der Waals surface area contributed by atoms with E-state index in [1.807, 2.05) is 6.92 Å².